The Hall–Kier alpha value is -1.55. The maximum atomic E-state index is 11.3. The second-order valence-electron chi connectivity index (χ2n) is 4.40. The van der Waals surface area contributed by atoms with Gasteiger partial charge in [0.25, 0.3) is 0 Å². The van der Waals surface area contributed by atoms with E-state index < -0.39 is 6.09 Å². The van der Waals surface area contributed by atoms with Crippen LogP contribution in [0.15, 0.2) is 30.3 Å². The first kappa shape index (κ1) is 11.9. The van der Waals surface area contributed by atoms with Gasteiger partial charge in [-0.15, -0.1) is 0 Å². The molecule has 1 saturated heterocycles. The summed E-state index contributed by atoms with van der Waals surface area (Å²) in [5, 5.41) is 12.5. The minimum atomic E-state index is -0.831. The van der Waals surface area contributed by atoms with Gasteiger partial charge in [-0.2, -0.15) is 0 Å². The molecular formula is C13H18N2O2. The third kappa shape index (κ3) is 3.20. The van der Waals surface area contributed by atoms with Crippen LogP contribution in [0, 0.1) is 0 Å². The fourth-order valence-corrected chi connectivity index (χ4v) is 2.23. The minimum Gasteiger partial charge on any atom is -0.465 e. The van der Waals surface area contributed by atoms with E-state index in [0.717, 1.165) is 31.5 Å². The summed E-state index contributed by atoms with van der Waals surface area (Å²) in [6.07, 6.45) is 1.16. The first-order valence-electron chi connectivity index (χ1n) is 6.01. The highest BCUT2D eigenvalue weighted by atomic mass is 16.4. The van der Waals surface area contributed by atoms with Gasteiger partial charge in [0, 0.05) is 19.1 Å². The number of hydrogen-bond donors (Lipinski definition) is 2. The number of rotatable bonds is 3. The SMILES string of the molecule is O=C(O)N(Cc1ccccc1)[C@H]1CCCNC1. The van der Waals surface area contributed by atoms with E-state index in [4.69, 9.17) is 0 Å². The molecule has 4 heteroatoms. The lowest BCUT2D eigenvalue weighted by molar-refractivity contribution is 0.111. The van der Waals surface area contributed by atoms with Crippen LogP contribution in [0.4, 0.5) is 4.79 Å². The molecule has 0 radical (unpaired) electrons. The summed E-state index contributed by atoms with van der Waals surface area (Å²) in [4.78, 5) is 12.8. The fourth-order valence-electron chi connectivity index (χ4n) is 2.23. The van der Waals surface area contributed by atoms with Crippen LogP contribution in [-0.4, -0.2) is 35.2 Å². The van der Waals surface area contributed by atoms with Gasteiger partial charge >= 0.3 is 6.09 Å². The predicted octanol–water partition coefficient (Wildman–Crippen LogP) is 1.92. The van der Waals surface area contributed by atoms with Gasteiger partial charge in [-0.1, -0.05) is 30.3 Å². The highest BCUT2D eigenvalue weighted by molar-refractivity contribution is 5.65. The van der Waals surface area contributed by atoms with Crippen LogP contribution in [-0.2, 0) is 6.54 Å². The number of carbonyl (C=O) groups is 1. The average molecular weight is 234 g/mol. The Balaban J connectivity index is 2.04. The summed E-state index contributed by atoms with van der Waals surface area (Å²) >= 11 is 0. The van der Waals surface area contributed by atoms with Crippen LogP contribution < -0.4 is 5.32 Å². The molecule has 1 heterocycles. The highest BCUT2D eigenvalue weighted by Crippen LogP contribution is 2.14. The van der Waals surface area contributed by atoms with Crippen molar-refractivity contribution in [2.75, 3.05) is 13.1 Å². The first-order valence-corrected chi connectivity index (χ1v) is 6.01. The first-order chi connectivity index (χ1) is 8.27. The minimum absolute atomic E-state index is 0.0986. The van der Waals surface area contributed by atoms with Gasteiger partial charge in [0.2, 0.25) is 0 Å². The van der Waals surface area contributed by atoms with E-state index in [1.54, 1.807) is 4.90 Å². The molecule has 1 atom stereocenters. The smallest absolute Gasteiger partial charge is 0.407 e. The molecule has 2 N–H and O–H groups in total. The molecular weight excluding hydrogens is 216 g/mol. The van der Waals surface area contributed by atoms with E-state index in [1.807, 2.05) is 30.3 Å². The molecule has 2 rings (SSSR count). The van der Waals surface area contributed by atoms with E-state index in [9.17, 15) is 9.90 Å². The molecule has 0 spiro atoms. The van der Waals surface area contributed by atoms with Crippen LogP contribution in [0.25, 0.3) is 0 Å². The van der Waals surface area contributed by atoms with Crippen LogP contribution in [0.3, 0.4) is 0 Å². The Morgan fingerprint density at radius 1 is 1.41 bits per heavy atom. The second kappa shape index (κ2) is 5.68. The number of hydrogen-bond acceptors (Lipinski definition) is 2. The molecule has 1 amide bonds. The predicted molar refractivity (Wildman–Crippen MR) is 65.9 cm³/mol. The zero-order chi connectivity index (χ0) is 12.1. The van der Waals surface area contributed by atoms with Crippen molar-refractivity contribution >= 4 is 6.09 Å². The number of nitrogens with zero attached hydrogens (tertiary/aromatic N) is 1. The van der Waals surface area contributed by atoms with Gasteiger partial charge in [0.1, 0.15) is 0 Å². The monoisotopic (exact) mass is 234 g/mol. The molecule has 0 bridgehead atoms. The third-order valence-corrected chi connectivity index (χ3v) is 3.15. The number of amides is 1. The summed E-state index contributed by atoms with van der Waals surface area (Å²) in [5.41, 5.74) is 1.04. The standard InChI is InChI=1S/C13H18N2O2/c16-13(17)15(12-7-4-8-14-9-12)10-11-5-2-1-3-6-11/h1-3,5-6,12,14H,4,7-10H2,(H,16,17)/t12-/m0/s1. The summed E-state index contributed by atoms with van der Waals surface area (Å²) < 4.78 is 0. The van der Waals surface area contributed by atoms with Crippen molar-refractivity contribution < 1.29 is 9.90 Å². The molecule has 4 nitrogen and oxygen atoms in total. The van der Waals surface area contributed by atoms with Crippen LogP contribution >= 0.6 is 0 Å². The van der Waals surface area contributed by atoms with E-state index in [2.05, 4.69) is 5.32 Å². The third-order valence-electron chi connectivity index (χ3n) is 3.15. The summed E-state index contributed by atoms with van der Waals surface area (Å²) in [6.45, 7) is 2.23. The molecule has 0 aromatic heterocycles. The zero-order valence-electron chi connectivity index (χ0n) is 9.80. The molecule has 1 fully saturated rings. The molecule has 0 aliphatic carbocycles. The van der Waals surface area contributed by atoms with Gasteiger partial charge < -0.3 is 10.4 Å². The number of carboxylic acid groups (broad SMARTS) is 1. The summed E-state index contributed by atoms with van der Waals surface area (Å²) in [5.74, 6) is 0. The Kier molecular flexibility index (Phi) is 3.98. The molecule has 0 saturated carbocycles. The van der Waals surface area contributed by atoms with Crippen molar-refractivity contribution in [1.82, 2.24) is 10.2 Å². The Morgan fingerprint density at radius 2 is 2.18 bits per heavy atom. The van der Waals surface area contributed by atoms with Crippen molar-refractivity contribution in [2.45, 2.75) is 25.4 Å². The molecule has 0 unspecified atom stereocenters. The van der Waals surface area contributed by atoms with Crippen LogP contribution in [0.5, 0.6) is 0 Å². The van der Waals surface area contributed by atoms with E-state index in [-0.39, 0.29) is 6.04 Å². The lowest BCUT2D eigenvalue weighted by atomic mass is 10.1. The Morgan fingerprint density at radius 3 is 2.76 bits per heavy atom. The molecule has 92 valence electrons. The number of piperidine rings is 1. The van der Waals surface area contributed by atoms with Crippen LogP contribution in [0.1, 0.15) is 18.4 Å². The Bertz CT molecular complexity index is 361. The van der Waals surface area contributed by atoms with Gasteiger partial charge in [-0.25, -0.2) is 4.79 Å². The van der Waals surface area contributed by atoms with Crippen molar-refractivity contribution in [1.29, 1.82) is 0 Å². The van der Waals surface area contributed by atoms with Crippen molar-refractivity contribution in [2.24, 2.45) is 0 Å². The largest absolute Gasteiger partial charge is 0.465 e. The lowest BCUT2D eigenvalue weighted by Gasteiger charge is -2.32. The topological polar surface area (TPSA) is 52.6 Å². The second-order valence-corrected chi connectivity index (χ2v) is 4.40. The van der Waals surface area contributed by atoms with Gasteiger partial charge in [-0.3, -0.25) is 4.90 Å². The van der Waals surface area contributed by atoms with Gasteiger partial charge in [-0.05, 0) is 24.9 Å². The van der Waals surface area contributed by atoms with Crippen molar-refractivity contribution in [3.8, 4) is 0 Å². The maximum Gasteiger partial charge on any atom is 0.407 e. The van der Waals surface area contributed by atoms with E-state index in [1.165, 1.54) is 0 Å². The van der Waals surface area contributed by atoms with E-state index >= 15 is 0 Å². The van der Waals surface area contributed by atoms with Crippen molar-refractivity contribution in [3.05, 3.63) is 35.9 Å². The number of nitrogens with one attached hydrogen (secondary N) is 1. The molecule has 1 aliphatic heterocycles. The Labute approximate surface area is 101 Å². The quantitative estimate of drug-likeness (QED) is 0.840. The summed E-state index contributed by atoms with van der Waals surface area (Å²) in [6, 6.07) is 9.85. The molecule has 1 aromatic rings. The van der Waals surface area contributed by atoms with Gasteiger partial charge in [0.15, 0.2) is 0 Å². The summed E-state index contributed by atoms with van der Waals surface area (Å²) in [7, 11) is 0. The molecule has 1 aliphatic rings. The van der Waals surface area contributed by atoms with Crippen LogP contribution in [0.2, 0.25) is 0 Å². The highest BCUT2D eigenvalue weighted by Gasteiger charge is 2.24. The lowest BCUT2D eigenvalue weighted by Crippen LogP contribution is -2.47. The number of benzene rings is 1. The maximum absolute atomic E-state index is 11.3. The molecule has 17 heavy (non-hydrogen) atoms. The fraction of sp³-hybridized carbons (Fsp3) is 0.462. The average Bonchev–Trinajstić information content (AvgIpc) is 2.38. The van der Waals surface area contributed by atoms with Crippen molar-refractivity contribution in [3.63, 3.8) is 0 Å². The molecule has 1 aromatic carbocycles. The zero-order valence-corrected chi connectivity index (χ0v) is 9.80. The van der Waals surface area contributed by atoms with E-state index in [0.29, 0.717) is 6.54 Å². The normalized spacial score (nSPS) is 19.9. The van der Waals surface area contributed by atoms with Gasteiger partial charge in [0.05, 0.1) is 0 Å².